The van der Waals surface area contributed by atoms with Crippen LogP contribution in [0.15, 0.2) is 41.8 Å². The number of amides is 1. The third-order valence-electron chi connectivity index (χ3n) is 2.78. The van der Waals surface area contributed by atoms with Gasteiger partial charge >= 0.3 is 5.97 Å². The zero-order chi connectivity index (χ0) is 16.8. The van der Waals surface area contributed by atoms with E-state index in [9.17, 15) is 14.0 Å². The van der Waals surface area contributed by atoms with Gasteiger partial charge < -0.3 is 10.1 Å². The maximum atomic E-state index is 12.9. The Hall–Kier alpha value is -2.18. The van der Waals surface area contributed by atoms with E-state index in [4.69, 9.17) is 16.3 Å². The number of carbonyl (C=O) groups is 2. The first kappa shape index (κ1) is 17.2. The molecule has 0 unspecified atom stereocenters. The molecule has 0 fully saturated rings. The van der Waals surface area contributed by atoms with Gasteiger partial charge in [0.1, 0.15) is 5.82 Å². The predicted octanol–water partition coefficient (Wildman–Crippen LogP) is 4.12. The van der Waals surface area contributed by atoms with Crippen LogP contribution in [-0.4, -0.2) is 18.0 Å². The lowest BCUT2D eigenvalue weighted by Gasteiger charge is -2.13. The van der Waals surface area contributed by atoms with Crippen LogP contribution in [0.5, 0.6) is 0 Å². The number of nitrogens with one attached hydrogen (secondary N) is 1. The van der Waals surface area contributed by atoms with Crippen LogP contribution in [0, 0.1) is 5.82 Å². The smallest absolute Gasteiger partial charge is 0.331 e. The lowest BCUT2D eigenvalue weighted by molar-refractivity contribution is -0.148. The van der Waals surface area contributed by atoms with Crippen LogP contribution in [0.4, 0.5) is 10.1 Å². The standard InChI is InChI=1S/C16H13ClFNO3S/c1-10(22-15(20)7-5-12-3-2-8-23-12)16(21)19-14-6-4-11(18)9-13(14)17/h2-10H,1H3,(H,19,21)/b7-5+/t10-/m0/s1. The molecular formula is C16H13ClFNO3S. The molecule has 0 spiro atoms. The Labute approximate surface area is 141 Å². The maximum absolute atomic E-state index is 12.9. The van der Waals surface area contributed by atoms with Crippen molar-refractivity contribution >= 4 is 46.6 Å². The predicted molar refractivity (Wildman–Crippen MR) is 88.9 cm³/mol. The lowest BCUT2D eigenvalue weighted by atomic mass is 10.3. The van der Waals surface area contributed by atoms with Gasteiger partial charge in [-0.25, -0.2) is 9.18 Å². The summed E-state index contributed by atoms with van der Waals surface area (Å²) in [4.78, 5) is 24.5. The number of ether oxygens (including phenoxy) is 1. The van der Waals surface area contributed by atoms with E-state index in [-0.39, 0.29) is 10.7 Å². The van der Waals surface area contributed by atoms with E-state index in [2.05, 4.69) is 5.32 Å². The fraction of sp³-hybridized carbons (Fsp3) is 0.125. The summed E-state index contributed by atoms with van der Waals surface area (Å²) in [5.74, 6) is -1.70. The Bertz CT molecular complexity index is 731. The minimum Gasteiger partial charge on any atom is -0.449 e. The van der Waals surface area contributed by atoms with Gasteiger partial charge in [0.25, 0.3) is 5.91 Å². The molecule has 0 aliphatic rings. The molecule has 0 saturated carbocycles. The molecule has 1 atom stereocenters. The molecule has 1 amide bonds. The molecule has 120 valence electrons. The molecule has 0 radical (unpaired) electrons. The van der Waals surface area contributed by atoms with Gasteiger partial charge in [0.2, 0.25) is 0 Å². The van der Waals surface area contributed by atoms with E-state index in [0.29, 0.717) is 0 Å². The largest absolute Gasteiger partial charge is 0.449 e. The van der Waals surface area contributed by atoms with Crippen molar-refractivity contribution in [3.63, 3.8) is 0 Å². The Kier molecular flexibility index (Phi) is 5.90. The molecule has 0 saturated heterocycles. The lowest BCUT2D eigenvalue weighted by Crippen LogP contribution is -2.29. The quantitative estimate of drug-likeness (QED) is 0.649. The molecule has 0 bridgehead atoms. The molecule has 1 heterocycles. The minimum atomic E-state index is -1.02. The van der Waals surface area contributed by atoms with E-state index < -0.39 is 23.8 Å². The van der Waals surface area contributed by atoms with Gasteiger partial charge in [-0.05, 0) is 42.6 Å². The van der Waals surface area contributed by atoms with Crippen molar-refractivity contribution < 1.29 is 18.7 Å². The van der Waals surface area contributed by atoms with E-state index in [1.165, 1.54) is 36.5 Å². The molecule has 2 aromatic rings. The van der Waals surface area contributed by atoms with Gasteiger partial charge in [0.05, 0.1) is 10.7 Å². The third kappa shape index (κ3) is 5.19. The van der Waals surface area contributed by atoms with Gasteiger partial charge in [-0.3, -0.25) is 4.79 Å². The first-order valence-corrected chi connectivity index (χ1v) is 7.89. The topological polar surface area (TPSA) is 55.4 Å². The number of esters is 1. The molecule has 0 aliphatic carbocycles. The number of hydrogen-bond acceptors (Lipinski definition) is 4. The fourth-order valence-electron chi connectivity index (χ4n) is 1.63. The first-order chi connectivity index (χ1) is 11.0. The van der Waals surface area contributed by atoms with Crippen LogP contribution >= 0.6 is 22.9 Å². The molecule has 1 aromatic heterocycles. The maximum Gasteiger partial charge on any atom is 0.331 e. The average molecular weight is 354 g/mol. The highest BCUT2D eigenvalue weighted by Gasteiger charge is 2.17. The fourth-order valence-corrected chi connectivity index (χ4v) is 2.46. The van der Waals surface area contributed by atoms with E-state index in [0.717, 1.165) is 10.9 Å². The molecule has 4 nitrogen and oxygen atoms in total. The number of halogens is 2. The van der Waals surface area contributed by atoms with E-state index in [1.54, 1.807) is 6.08 Å². The Morgan fingerprint density at radius 1 is 1.39 bits per heavy atom. The second-order valence-corrected chi connectivity index (χ2v) is 5.93. The van der Waals surface area contributed by atoms with Crippen molar-refractivity contribution in [1.29, 1.82) is 0 Å². The Morgan fingerprint density at radius 2 is 2.17 bits per heavy atom. The highest BCUT2D eigenvalue weighted by atomic mass is 35.5. The molecule has 23 heavy (non-hydrogen) atoms. The highest BCUT2D eigenvalue weighted by Crippen LogP contribution is 2.22. The van der Waals surface area contributed by atoms with Crippen LogP contribution in [0.2, 0.25) is 5.02 Å². The Morgan fingerprint density at radius 3 is 2.83 bits per heavy atom. The van der Waals surface area contributed by atoms with Crippen LogP contribution in [0.25, 0.3) is 6.08 Å². The summed E-state index contributed by atoms with van der Waals surface area (Å²) in [7, 11) is 0. The zero-order valence-electron chi connectivity index (χ0n) is 12.1. The van der Waals surface area contributed by atoms with Crippen LogP contribution in [-0.2, 0) is 14.3 Å². The average Bonchev–Trinajstić information content (AvgIpc) is 3.01. The SMILES string of the molecule is C[C@H](OC(=O)/C=C/c1cccs1)C(=O)Nc1ccc(F)cc1Cl. The van der Waals surface area contributed by atoms with Crippen molar-refractivity contribution in [2.45, 2.75) is 13.0 Å². The van der Waals surface area contributed by atoms with Crippen molar-refractivity contribution in [1.82, 2.24) is 0 Å². The molecular weight excluding hydrogens is 341 g/mol. The summed E-state index contributed by atoms with van der Waals surface area (Å²) >= 11 is 7.29. The summed E-state index contributed by atoms with van der Waals surface area (Å²) in [6.07, 6.45) is 1.84. The molecule has 2 rings (SSSR count). The van der Waals surface area contributed by atoms with Crippen LogP contribution in [0.3, 0.4) is 0 Å². The van der Waals surface area contributed by atoms with E-state index in [1.807, 2.05) is 17.5 Å². The number of hydrogen-bond donors (Lipinski definition) is 1. The van der Waals surface area contributed by atoms with Gasteiger partial charge in [0, 0.05) is 11.0 Å². The molecule has 1 N–H and O–H groups in total. The highest BCUT2D eigenvalue weighted by molar-refractivity contribution is 7.10. The second kappa shape index (κ2) is 7.89. The number of benzene rings is 1. The Balaban J connectivity index is 1.90. The number of thiophene rings is 1. The van der Waals surface area contributed by atoms with Crippen molar-refractivity contribution in [3.8, 4) is 0 Å². The minimum absolute atomic E-state index is 0.0643. The van der Waals surface area contributed by atoms with Gasteiger partial charge in [-0.1, -0.05) is 17.7 Å². The molecule has 1 aromatic carbocycles. The van der Waals surface area contributed by atoms with Crippen molar-refractivity contribution in [3.05, 3.63) is 57.5 Å². The molecule has 7 heteroatoms. The van der Waals surface area contributed by atoms with E-state index >= 15 is 0 Å². The first-order valence-electron chi connectivity index (χ1n) is 6.64. The van der Waals surface area contributed by atoms with Gasteiger partial charge in [0.15, 0.2) is 6.10 Å². The van der Waals surface area contributed by atoms with Gasteiger partial charge in [-0.15, -0.1) is 11.3 Å². The summed E-state index contributed by atoms with van der Waals surface area (Å²) in [6.45, 7) is 1.43. The summed E-state index contributed by atoms with van der Waals surface area (Å²) in [5, 5.41) is 4.42. The van der Waals surface area contributed by atoms with Crippen LogP contribution < -0.4 is 5.32 Å². The normalized spacial score (nSPS) is 12.1. The van der Waals surface area contributed by atoms with Crippen molar-refractivity contribution in [2.75, 3.05) is 5.32 Å². The summed E-state index contributed by atoms with van der Waals surface area (Å²) in [5.41, 5.74) is 0.245. The monoisotopic (exact) mass is 353 g/mol. The zero-order valence-corrected chi connectivity index (χ0v) is 13.7. The second-order valence-electron chi connectivity index (χ2n) is 4.54. The summed E-state index contributed by atoms with van der Waals surface area (Å²) < 4.78 is 17.9. The number of rotatable bonds is 5. The van der Waals surface area contributed by atoms with Gasteiger partial charge in [-0.2, -0.15) is 0 Å². The van der Waals surface area contributed by atoms with Crippen molar-refractivity contribution in [2.24, 2.45) is 0 Å². The summed E-state index contributed by atoms with van der Waals surface area (Å²) in [6, 6.07) is 7.29. The number of carbonyl (C=O) groups excluding carboxylic acids is 2. The van der Waals surface area contributed by atoms with Crippen LogP contribution in [0.1, 0.15) is 11.8 Å². The molecule has 0 aliphatic heterocycles. The number of anilines is 1. The third-order valence-corrected chi connectivity index (χ3v) is 3.93.